The van der Waals surface area contributed by atoms with Gasteiger partial charge in [-0.05, 0) is 36.1 Å². The van der Waals surface area contributed by atoms with Gasteiger partial charge >= 0.3 is 6.03 Å². The van der Waals surface area contributed by atoms with Crippen LogP contribution in [0, 0.1) is 5.82 Å². The second-order valence-electron chi connectivity index (χ2n) is 8.65. The molecule has 1 atom stereocenters. The van der Waals surface area contributed by atoms with Gasteiger partial charge in [0.25, 0.3) is 0 Å². The van der Waals surface area contributed by atoms with E-state index in [1.165, 1.54) is 11.6 Å². The van der Waals surface area contributed by atoms with E-state index in [4.69, 9.17) is 0 Å². The van der Waals surface area contributed by atoms with Gasteiger partial charge in [0.2, 0.25) is 5.91 Å². The minimum Gasteiger partial charge on any atom is -0.340 e. The average Bonchev–Trinajstić information content (AvgIpc) is 2.99. The molecule has 0 radical (unpaired) electrons. The molecule has 0 N–H and O–H groups in total. The Labute approximate surface area is 193 Å². The van der Waals surface area contributed by atoms with Crippen molar-refractivity contribution in [2.45, 2.75) is 31.4 Å². The van der Waals surface area contributed by atoms with Gasteiger partial charge in [-0.1, -0.05) is 44.2 Å². The zero-order valence-electron chi connectivity index (χ0n) is 18.7. The largest absolute Gasteiger partial charge is 0.340 e. The molecule has 0 saturated carbocycles. The van der Waals surface area contributed by atoms with Gasteiger partial charge in [-0.3, -0.25) is 9.69 Å². The van der Waals surface area contributed by atoms with Crippen LogP contribution in [0.15, 0.2) is 48.5 Å². The Morgan fingerprint density at radius 2 is 1.81 bits per heavy atom. The first kappa shape index (κ1) is 22.6. The van der Waals surface area contributed by atoms with Crippen molar-refractivity contribution in [3.8, 4) is 0 Å². The number of halogens is 1. The summed E-state index contributed by atoms with van der Waals surface area (Å²) in [5.41, 5.74) is 2.81. The third-order valence-electron chi connectivity index (χ3n) is 6.24. The van der Waals surface area contributed by atoms with E-state index in [1.807, 2.05) is 29.2 Å². The van der Waals surface area contributed by atoms with Crippen molar-refractivity contribution in [3.63, 3.8) is 0 Å². The molecule has 32 heavy (non-hydrogen) atoms. The summed E-state index contributed by atoms with van der Waals surface area (Å²) in [6.45, 7) is 6.69. The van der Waals surface area contributed by atoms with Gasteiger partial charge in [-0.15, -0.1) is 0 Å². The number of thioether (sulfide) groups is 1. The van der Waals surface area contributed by atoms with E-state index in [-0.39, 0.29) is 29.6 Å². The monoisotopic (exact) mass is 455 g/mol. The molecule has 2 aromatic carbocycles. The van der Waals surface area contributed by atoms with Crippen LogP contribution in [0.5, 0.6) is 0 Å². The molecule has 5 nitrogen and oxygen atoms in total. The smallest absolute Gasteiger partial charge is 0.325 e. The van der Waals surface area contributed by atoms with E-state index in [0.717, 1.165) is 11.4 Å². The molecule has 0 bridgehead atoms. The lowest BCUT2D eigenvalue weighted by Crippen LogP contribution is -2.43. The fraction of sp³-hybridized carbons (Fsp3) is 0.440. The Morgan fingerprint density at radius 1 is 1.06 bits per heavy atom. The molecule has 2 aliphatic heterocycles. The van der Waals surface area contributed by atoms with Crippen LogP contribution in [-0.2, 0) is 4.79 Å². The highest BCUT2D eigenvalue weighted by Crippen LogP contribution is 2.35. The van der Waals surface area contributed by atoms with Gasteiger partial charge < -0.3 is 9.80 Å². The molecule has 2 aromatic rings. The van der Waals surface area contributed by atoms with Crippen LogP contribution in [0.4, 0.5) is 14.9 Å². The molecule has 0 aromatic heterocycles. The zero-order chi connectivity index (χ0) is 22.7. The minimum absolute atomic E-state index is 0.0369. The molecule has 0 aliphatic carbocycles. The van der Waals surface area contributed by atoms with E-state index >= 15 is 0 Å². The molecule has 1 unspecified atom stereocenters. The number of anilines is 1. The van der Waals surface area contributed by atoms with Crippen LogP contribution in [-0.4, -0.2) is 60.2 Å². The predicted molar refractivity (Wildman–Crippen MR) is 128 cm³/mol. The number of urea groups is 1. The first-order chi connectivity index (χ1) is 15.4. The Bertz CT molecular complexity index is 966. The van der Waals surface area contributed by atoms with Gasteiger partial charge in [-0.2, -0.15) is 11.8 Å². The van der Waals surface area contributed by atoms with Crippen LogP contribution in [0.25, 0.3) is 0 Å². The van der Waals surface area contributed by atoms with E-state index in [1.54, 1.807) is 27.6 Å². The van der Waals surface area contributed by atoms with Crippen LogP contribution in [0.1, 0.15) is 42.6 Å². The van der Waals surface area contributed by atoms with Crippen molar-refractivity contribution >= 4 is 29.4 Å². The second kappa shape index (κ2) is 9.94. The summed E-state index contributed by atoms with van der Waals surface area (Å²) in [6.07, 6.45) is 0.708. The maximum Gasteiger partial charge on any atom is 0.325 e. The van der Waals surface area contributed by atoms with Crippen LogP contribution < -0.4 is 4.90 Å². The molecule has 2 fully saturated rings. The average molecular weight is 456 g/mol. The van der Waals surface area contributed by atoms with Crippen molar-refractivity contribution in [2.24, 2.45) is 0 Å². The molecular weight excluding hydrogens is 425 g/mol. The maximum atomic E-state index is 14.2. The predicted octanol–water partition coefficient (Wildman–Crippen LogP) is 4.90. The molecule has 7 heteroatoms. The molecule has 3 amide bonds. The van der Waals surface area contributed by atoms with Crippen molar-refractivity contribution in [1.82, 2.24) is 9.80 Å². The van der Waals surface area contributed by atoms with E-state index in [2.05, 4.69) is 26.0 Å². The van der Waals surface area contributed by atoms with Crippen LogP contribution in [0.2, 0.25) is 0 Å². The van der Waals surface area contributed by atoms with E-state index < -0.39 is 0 Å². The summed E-state index contributed by atoms with van der Waals surface area (Å²) in [7, 11) is 0. The highest BCUT2D eigenvalue weighted by Gasteiger charge is 2.32. The summed E-state index contributed by atoms with van der Waals surface area (Å²) >= 11 is 1.69. The Hall–Kier alpha value is -2.54. The number of hydrogen-bond donors (Lipinski definition) is 0. The topological polar surface area (TPSA) is 43.9 Å². The van der Waals surface area contributed by atoms with Crippen LogP contribution >= 0.6 is 11.8 Å². The number of hydrogen-bond acceptors (Lipinski definition) is 3. The fourth-order valence-corrected chi connectivity index (χ4v) is 5.53. The third-order valence-corrected chi connectivity index (χ3v) is 7.55. The summed E-state index contributed by atoms with van der Waals surface area (Å²) in [4.78, 5) is 31.1. The number of nitrogens with zero attached hydrogens (tertiary/aromatic N) is 3. The van der Waals surface area contributed by atoms with Crippen molar-refractivity contribution < 1.29 is 14.0 Å². The Balaban J connectivity index is 1.34. The summed E-state index contributed by atoms with van der Waals surface area (Å²) < 4.78 is 14.2. The third kappa shape index (κ3) is 4.93. The molecule has 2 aliphatic rings. The Morgan fingerprint density at radius 3 is 2.53 bits per heavy atom. The number of carbonyl (C=O) groups is 2. The summed E-state index contributed by atoms with van der Waals surface area (Å²) in [5.74, 6) is 0.976. The lowest BCUT2D eigenvalue weighted by molar-refractivity contribution is -0.131. The normalized spacial score (nSPS) is 19.6. The molecule has 170 valence electrons. The first-order valence-corrected chi connectivity index (χ1v) is 12.3. The summed E-state index contributed by atoms with van der Waals surface area (Å²) in [6, 6.07) is 14.8. The maximum absolute atomic E-state index is 14.2. The minimum atomic E-state index is -0.186. The van der Waals surface area contributed by atoms with Gasteiger partial charge in [0.15, 0.2) is 0 Å². The van der Waals surface area contributed by atoms with Crippen molar-refractivity contribution in [3.05, 3.63) is 65.5 Å². The van der Waals surface area contributed by atoms with Crippen LogP contribution in [0.3, 0.4) is 0 Å². The van der Waals surface area contributed by atoms with E-state index in [9.17, 15) is 14.0 Å². The lowest BCUT2D eigenvalue weighted by atomic mass is 10.0. The molecular formula is C25H30FN3O2S. The molecule has 2 saturated heterocycles. The van der Waals surface area contributed by atoms with Crippen molar-refractivity contribution in [2.75, 3.05) is 43.4 Å². The van der Waals surface area contributed by atoms with Crippen molar-refractivity contribution in [1.29, 1.82) is 0 Å². The quantitative estimate of drug-likeness (QED) is 0.644. The van der Waals surface area contributed by atoms with Gasteiger partial charge in [-0.25, -0.2) is 9.18 Å². The standard InChI is InChI=1S/C25H30FN3O2S/c1-18(2)19-7-9-20(10-8-19)29-14-13-28(25(29)31)17-24(30)27-12-11-23(32-16-15-27)21-5-3-4-6-22(21)26/h3-10,18,23H,11-17H2,1-2H3. The van der Waals surface area contributed by atoms with E-state index in [0.29, 0.717) is 44.1 Å². The summed E-state index contributed by atoms with van der Waals surface area (Å²) in [5, 5.41) is 0.0479. The number of amides is 3. The number of carbonyl (C=O) groups excluding carboxylic acids is 2. The zero-order valence-corrected chi connectivity index (χ0v) is 19.5. The molecule has 4 rings (SSSR count). The number of rotatable bonds is 5. The number of benzene rings is 2. The first-order valence-electron chi connectivity index (χ1n) is 11.2. The van der Waals surface area contributed by atoms with Gasteiger partial charge in [0.1, 0.15) is 12.4 Å². The highest BCUT2D eigenvalue weighted by atomic mass is 32.2. The fourth-order valence-electron chi connectivity index (χ4n) is 4.28. The Kier molecular flexibility index (Phi) is 7.04. The highest BCUT2D eigenvalue weighted by molar-refractivity contribution is 7.99. The lowest BCUT2D eigenvalue weighted by Gasteiger charge is -2.24. The van der Waals surface area contributed by atoms with Gasteiger partial charge in [0, 0.05) is 48.4 Å². The molecule has 0 spiro atoms. The second-order valence-corrected chi connectivity index (χ2v) is 9.96. The SMILES string of the molecule is CC(C)c1ccc(N2CCN(CC(=O)N3CCSC(c4ccccc4F)CC3)C2=O)cc1. The molecule has 2 heterocycles. The van der Waals surface area contributed by atoms with Gasteiger partial charge in [0.05, 0.1) is 0 Å².